The summed E-state index contributed by atoms with van der Waals surface area (Å²) >= 11 is 0. The van der Waals surface area contributed by atoms with Gasteiger partial charge in [0.1, 0.15) is 0 Å². The Morgan fingerprint density at radius 3 is 2.80 bits per heavy atom. The fraction of sp³-hybridized carbons (Fsp3) is 1.00. The van der Waals surface area contributed by atoms with E-state index in [9.17, 15) is 10.1 Å². The second-order valence-corrected chi connectivity index (χ2v) is 2.97. The van der Waals surface area contributed by atoms with E-state index >= 15 is 0 Å². The van der Waals surface area contributed by atoms with Crippen LogP contribution in [0.2, 0.25) is 0 Å². The van der Waals surface area contributed by atoms with Crippen molar-refractivity contribution in [3.05, 3.63) is 10.1 Å². The van der Waals surface area contributed by atoms with Gasteiger partial charge in [-0.05, 0) is 6.42 Å². The third-order valence-corrected chi connectivity index (χ3v) is 2.27. The fourth-order valence-electron chi connectivity index (χ4n) is 1.57. The Balaban J connectivity index is 1.94. The number of nitro groups is 1. The van der Waals surface area contributed by atoms with E-state index in [2.05, 4.69) is 0 Å². The minimum Gasteiger partial charge on any atom is -0.369 e. The Bertz CT molecular complexity index is 170. The maximum absolute atomic E-state index is 10.3. The molecule has 3 atom stereocenters. The molecule has 3 unspecified atom stereocenters. The lowest BCUT2D eigenvalue weighted by atomic mass is 9.96. The van der Waals surface area contributed by atoms with Gasteiger partial charge >= 0.3 is 0 Å². The number of hydrogen-bond acceptors (Lipinski definition) is 3. The van der Waals surface area contributed by atoms with Crippen molar-refractivity contribution in [1.29, 1.82) is 0 Å². The molecule has 0 aromatic rings. The van der Waals surface area contributed by atoms with Crippen molar-refractivity contribution in [2.75, 3.05) is 0 Å². The highest BCUT2D eigenvalue weighted by Gasteiger charge is 2.47. The summed E-state index contributed by atoms with van der Waals surface area (Å²) < 4.78 is 5.15. The molecule has 2 rings (SSSR count). The summed E-state index contributed by atoms with van der Waals surface area (Å²) in [4.78, 5) is 10.1. The summed E-state index contributed by atoms with van der Waals surface area (Å²) in [5, 5.41) is 10.3. The van der Waals surface area contributed by atoms with E-state index in [1.54, 1.807) is 0 Å². The number of rotatable bonds is 1. The van der Waals surface area contributed by atoms with Crippen LogP contribution in [0.5, 0.6) is 0 Å². The SMILES string of the molecule is O=[N+]([O-])C1CCC2OC2C1. The average Bonchev–Trinajstić information content (AvgIpc) is 2.63. The molecule has 0 amide bonds. The molecular formula is C6H9NO3. The minimum absolute atomic E-state index is 0.183. The van der Waals surface area contributed by atoms with Gasteiger partial charge in [-0.1, -0.05) is 0 Å². The van der Waals surface area contributed by atoms with Gasteiger partial charge in [0.2, 0.25) is 6.04 Å². The standard InChI is InChI=1S/C6H9NO3/c8-7(9)4-1-2-5-6(3-4)10-5/h4-6H,1-3H2. The van der Waals surface area contributed by atoms with Gasteiger partial charge in [0.25, 0.3) is 0 Å². The monoisotopic (exact) mass is 143 g/mol. The van der Waals surface area contributed by atoms with Crippen molar-refractivity contribution >= 4 is 0 Å². The summed E-state index contributed by atoms with van der Waals surface area (Å²) in [6.45, 7) is 0. The molecule has 56 valence electrons. The number of fused-ring (bicyclic) bond motifs is 1. The molecular weight excluding hydrogens is 134 g/mol. The molecule has 0 aromatic heterocycles. The Hall–Kier alpha value is -0.640. The molecule has 0 N–H and O–H groups in total. The Labute approximate surface area is 58.3 Å². The Kier molecular flexibility index (Phi) is 1.17. The van der Waals surface area contributed by atoms with Gasteiger partial charge in [-0.15, -0.1) is 0 Å². The van der Waals surface area contributed by atoms with Crippen LogP contribution in [-0.2, 0) is 4.74 Å². The van der Waals surface area contributed by atoms with Gasteiger partial charge in [0.05, 0.1) is 12.2 Å². The van der Waals surface area contributed by atoms with Gasteiger partial charge in [-0.3, -0.25) is 10.1 Å². The highest BCUT2D eigenvalue weighted by molar-refractivity contribution is 4.91. The first-order valence-corrected chi connectivity index (χ1v) is 3.56. The van der Waals surface area contributed by atoms with Crippen molar-refractivity contribution in [3.63, 3.8) is 0 Å². The normalized spacial score (nSPS) is 44.2. The first kappa shape index (κ1) is 6.09. The van der Waals surface area contributed by atoms with Gasteiger partial charge in [-0.2, -0.15) is 0 Å². The number of nitrogens with zero attached hydrogens (tertiary/aromatic N) is 1. The van der Waals surface area contributed by atoms with Crippen LogP contribution in [0.1, 0.15) is 19.3 Å². The first-order valence-electron chi connectivity index (χ1n) is 3.56. The lowest BCUT2D eigenvalue weighted by Gasteiger charge is -2.09. The molecule has 1 aliphatic carbocycles. The van der Waals surface area contributed by atoms with E-state index in [0.717, 1.165) is 6.42 Å². The molecule has 1 saturated heterocycles. The van der Waals surface area contributed by atoms with Crippen LogP contribution in [0.15, 0.2) is 0 Å². The summed E-state index contributed by atoms with van der Waals surface area (Å²) in [6.07, 6.45) is 2.82. The first-order chi connectivity index (χ1) is 4.77. The predicted octanol–water partition coefficient (Wildman–Crippen LogP) is 0.583. The van der Waals surface area contributed by atoms with Crippen LogP contribution in [0.4, 0.5) is 0 Å². The van der Waals surface area contributed by atoms with Gasteiger partial charge < -0.3 is 4.74 Å². The molecule has 1 heterocycles. The van der Waals surface area contributed by atoms with Crippen LogP contribution in [0.3, 0.4) is 0 Å². The zero-order valence-corrected chi connectivity index (χ0v) is 5.53. The molecule has 0 radical (unpaired) electrons. The fourth-order valence-corrected chi connectivity index (χ4v) is 1.57. The van der Waals surface area contributed by atoms with Gasteiger partial charge in [0.15, 0.2) is 0 Å². The number of hydrogen-bond donors (Lipinski definition) is 0. The lowest BCUT2D eigenvalue weighted by Crippen LogP contribution is -2.26. The molecule has 1 aliphatic heterocycles. The highest BCUT2D eigenvalue weighted by Crippen LogP contribution is 2.37. The van der Waals surface area contributed by atoms with E-state index in [4.69, 9.17) is 4.74 Å². The van der Waals surface area contributed by atoms with E-state index < -0.39 is 0 Å². The van der Waals surface area contributed by atoms with Gasteiger partial charge in [-0.25, -0.2) is 0 Å². The Morgan fingerprint density at radius 1 is 1.40 bits per heavy atom. The summed E-state index contributed by atoms with van der Waals surface area (Å²) in [5.41, 5.74) is 0. The second kappa shape index (κ2) is 1.92. The third kappa shape index (κ3) is 0.883. The van der Waals surface area contributed by atoms with Crippen molar-refractivity contribution in [3.8, 4) is 0 Å². The number of ether oxygens (including phenoxy) is 1. The van der Waals surface area contributed by atoms with Crippen LogP contribution in [-0.4, -0.2) is 23.2 Å². The topological polar surface area (TPSA) is 55.7 Å². The molecule has 4 nitrogen and oxygen atoms in total. The molecule has 2 fully saturated rings. The summed E-state index contributed by atoms with van der Waals surface area (Å²) in [5.74, 6) is 0. The van der Waals surface area contributed by atoms with E-state index in [-0.39, 0.29) is 17.1 Å². The van der Waals surface area contributed by atoms with Crippen molar-refractivity contribution in [2.45, 2.75) is 37.5 Å². The predicted molar refractivity (Wildman–Crippen MR) is 33.3 cm³/mol. The van der Waals surface area contributed by atoms with E-state index in [1.165, 1.54) is 0 Å². The average molecular weight is 143 g/mol. The minimum atomic E-state index is -0.330. The van der Waals surface area contributed by atoms with Crippen molar-refractivity contribution < 1.29 is 9.66 Å². The molecule has 1 saturated carbocycles. The smallest absolute Gasteiger partial charge is 0.215 e. The summed E-state index contributed by atoms with van der Waals surface area (Å²) in [6, 6.07) is -0.330. The molecule has 4 heteroatoms. The zero-order chi connectivity index (χ0) is 7.14. The molecule has 0 bridgehead atoms. The van der Waals surface area contributed by atoms with Crippen LogP contribution in [0.25, 0.3) is 0 Å². The number of epoxide rings is 1. The zero-order valence-electron chi connectivity index (χ0n) is 5.53. The largest absolute Gasteiger partial charge is 0.369 e. The second-order valence-electron chi connectivity index (χ2n) is 2.97. The molecule has 2 aliphatic rings. The van der Waals surface area contributed by atoms with E-state index in [0.29, 0.717) is 18.9 Å². The molecule has 10 heavy (non-hydrogen) atoms. The van der Waals surface area contributed by atoms with Crippen molar-refractivity contribution in [1.82, 2.24) is 0 Å². The third-order valence-electron chi connectivity index (χ3n) is 2.27. The van der Waals surface area contributed by atoms with E-state index in [1.807, 2.05) is 0 Å². The maximum atomic E-state index is 10.3. The van der Waals surface area contributed by atoms with Crippen LogP contribution < -0.4 is 0 Å². The lowest BCUT2D eigenvalue weighted by molar-refractivity contribution is -0.525. The molecule has 0 aromatic carbocycles. The van der Waals surface area contributed by atoms with Gasteiger partial charge in [0, 0.05) is 17.8 Å². The Morgan fingerprint density at radius 2 is 2.20 bits per heavy atom. The maximum Gasteiger partial charge on any atom is 0.215 e. The quantitative estimate of drug-likeness (QED) is 0.306. The highest BCUT2D eigenvalue weighted by atomic mass is 16.6. The molecule has 0 spiro atoms. The van der Waals surface area contributed by atoms with Crippen LogP contribution in [0, 0.1) is 10.1 Å². The van der Waals surface area contributed by atoms with Crippen molar-refractivity contribution in [2.24, 2.45) is 0 Å². The van der Waals surface area contributed by atoms with Crippen LogP contribution >= 0.6 is 0 Å². The summed E-state index contributed by atoms with van der Waals surface area (Å²) in [7, 11) is 0.